The molecule has 0 bridgehead atoms. The highest BCUT2D eigenvalue weighted by molar-refractivity contribution is 9.10. The molecule has 0 saturated heterocycles. The maximum absolute atomic E-state index is 13.3. The molecular weight excluding hydrogens is 357 g/mol. The smallest absolute Gasteiger partial charge is 0.123 e. The van der Waals surface area contributed by atoms with Crippen LogP contribution in [0.2, 0.25) is 5.02 Å². The molecule has 0 aromatic heterocycles. The third-order valence-electron chi connectivity index (χ3n) is 3.18. The lowest BCUT2D eigenvalue weighted by Gasteiger charge is -2.22. The van der Waals surface area contributed by atoms with Crippen LogP contribution in [0.1, 0.15) is 12.5 Å². The van der Waals surface area contributed by atoms with Crippen LogP contribution in [0.3, 0.4) is 0 Å². The fourth-order valence-corrected chi connectivity index (χ4v) is 2.55. The molecule has 0 fully saturated rings. The van der Waals surface area contributed by atoms with E-state index in [9.17, 15) is 4.39 Å². The van der Waals surface area contributed by atoms with Gasteiger partial charge in [0.2, 0.25) is 0 Å². The van der Waals surface area contributed by atoms with Gasteiger partial charge in [-0.3, -0.25) is 0 Å². The van der Waals surface area contributed by atoms with Crippen molar-refractivity contribution in [3.8, 4) is 5.75 Å². The van der Waals surface area contributed by atoms with Gasteiger partial charge in [0.05, 0.1) is 0 Å². The van der Waals surface area contributed by atoms with Gasteiger partial charge in [-0.15, -0.1) is 0 Å². The summed E-state index contributed by atoms with van der Waals surface area (Å²) in [5, 5.41) is 0.612. The van der Waals surface area contributed by atoms with Crippen LogP contribution in [0.5, 0.6) is 5.75 Å². The summed E-state index contributed by atoms with van der Waals surface area (Å²) in [6.45, 7) is 1.89. The van der Waals surface area contributed by atoms with Crippen LogP contribution in [0.15, 0.2) is 46.9 Å². The molecule has 2 aromatic rings. The van der Waals surface area contributed by atoms with Gasteiger partial charge in [-0.25, -0.2) is 4.39 Å². The first-order valence-electron chi connectivity index (χ1n) is 6.57. The number of benzene rings is 2. The lowest BCUT2D eigenvalue weighted by molar-refractivity contribution is 0.189. The molecule has 0 saturated carbocycles. The second kappa shape index (κ2) is 7.25. The second-order valence-corrected chi connectivity index (χ2v) is 6.17. The van der Waals surface area contributed by atoms with Crippen LogP contribution in [-0.2, 0) is 6.42 Å². The van der Waals surface area contributed by atoms with Crippen LogP contribution in [0.25, 0.3) is 0 Å². The van der Waals surface area contributed by atoms with E-state index in [0.29, 0.717) is 17.2 Å². The predicted octanol–water partition coefficient (Wildman–Crippen LogP) is 4.58. The Morgan fingerprint density at radius 2 is 2.05 bits per heavy atom. The van der Waals surface area contributed by atoms with Gasteiger partial charge in [-0.1, -0.05) is 33.6 Å². The van der Waals surface area contributed by atoms with Crippen molar-refractivity contribution in [3.63, 3.8) is 0 Å². The highest BCUT2D eigenvalue weighted by Crippen LogP contribution is 2.22. The fourth-order valence-electron chi connectivity index (χ4n) is 1.96. The molecule has 21 heavy (non-hydrogen) atoms. The summed E-state index contributed by atoms with van der Waals surface area (Å²) in [5.41, 5.74) is 6.98. The first-order chi connectivity index (χ1) is 9.95. The number of hydrogen-bond acceptors (Lipinski definition) is 2. The van der Waals surface area contributed by atoms with Crippen molar-refractivity contribution >= 4 is 27.5 Å². The Labute approximate surface area is 137 Å². The molecule has 0 heterocycles. The van der Waals surface area contributed by atoms with Gasteiger partial charge >= 0.3 is 0 Å². The standard InChI is InChI=1S/C16H16BrClFNO/c1-10(21-14-4-2-3-12(18)9-14)16(20)8-11-7-13(19)5-6-15(11)17/h2-7,9-10,16H,8,20H2,1H3. The van der Waals surface area contributed by atoms with Crippen molar-refractivity contribution in [2.45, 2.75) is 25.5 Å². The number of rotatable bonds is 5. The fraction of sp³-hybridized carbons (Fsp3) is 0.250. The summed E-state index contributed by atoms with van der Waals surface area (Å²) in [4.78, 5) is 0. The Morgan fingerprint density at radius 3 is 2.76 bits per heavy atom. The zero-order valence-corrected chi connectivity index (χ0v) is 13.9. The Bertz CT molecular complexity index is 623. The quantitative estimate of drug-likeness (QED) is 0.834. The maximum Gasteiger partial charge on any atom is 0.123 e. The molecule has 2 rings (SSSR count). The Kier molecular flexibility index (Phi) is 5.62. The van der Waals surface area contributed by atoms with Crippen LogP contribution in [-0.4, -0.2) is 12.1 Å². The topological polar surface area (TPSA) is 35.2 Å². The van der Waals surface area contributed by atoms with Crippen molar-refractivity contribution in [2.75, 3.05) is 0 Å². The van der Waals surface area contributed by atoms with Crippen LogP contribution < -0.4 is 10.5 Å². The van der Waals surface area contributed by atoms with Gasteiger partial charge in [0.1, 0.15) is 17.7 Å². The molecule has 0 aliphatic carbocycles. The van der Waals surface area contributed by atoms with Gasteiger partial charge in [0, 0.05) is 15.5 Å². The van der Waals surface area contributed by atoms with Crippen LogP contribution in [0, 0.1) is 5.82 Å². The Morgan fingerprint density at radius 1 is 1.29 bits per heavy atom. The summed E-state index contributed by atoms with van der Waals surface area (Å²) in [6, 6.07) is 11.5. The van der Waals surface area contributed by atoms with Crippen molar-refractivity contribution in [3.05, 3.63) is 63.3 Å². The first-order valence-corrected chi connectivity index (χ1v) is 7.74. The van der Waals surface area contributed by atoms with E-state index in [1.807, 2.05) is 19.1 Å². The number of halogens is 3. The van der Waals surface area contributed by atoms with E-state index < -0.39 is 0 Å². The average Bonchev–Trinajstić information content (AvgIpc) is 2.43. The zero-order chi connectivity index (χ0) is 15.4. The molecule has 0 spiro atoms. The van der Waals surface area contributed by atoms with Gasteiger partial charge in [0.25, 0.3) is 0 Å². The summed E-state index contributed by atoms with van der Waals surface area (Å²) in [5.74, 6) is 0.396. The van der Waals surface area contributed by atoms with Gasteiger partial charge < -0.3 is 10.5 Å². The summed E-state index contributed by atoms with van der Waals surface area (Å²) in [7, 11) is 0. The van der Waals surface area contributed by atoms with Gasteiger partial charge in [0.15, 0.2) is 0 Å². The summed E-state index contributed by atoms with van der Waals surface area (Å²) in [6.07, 6.45) is 0.290. The SMILES string of the molecule is CC(Oc1cccc(Cl)c1)C(N)Cc1cc(F)ccc1Br. The van der Waals surface area contributed by atoms with Gasteiger partial charge in [-0.2, -0.15) is 0 Å². The number of nitrogens with two attached hydrogens (primary N) is 1. The molecule has 0 aliphatic rings. The number of ether oxygens (including phenoxy) is 1. The minimum absolute atomic E-state index is 0.223. The largest absolute Gasteiger partial charge is 0.489 e. The minimum Gasteiger partial charge on any atom is -0.489 e. The highest BCUT2D eigenvalue weighted by atomic mass is 79.9. The first kappa shape index (κ1) is 16.3. The van der Waals surface area contributed by atoms with Crippen molar-refractivity contribution in [2.24, 2.45) is 5.73 Å². The lowest BCUT2D eigenvalue weighted by atomic mass is 10.0. The monoisotopic (exact) mass is 371 g/mol. The molecule has 5 heteroatoms. The second-order valence-electron chi connectivity index (χ2n) is 4.88. The van der Waals surface area contributed by atoms with E-state index >= 15 is 0 Å². The third-order valence-corrected chi connectivity index (χ3v) is 4.19. The molecule has 112 valence electrons. The Balaban J connectivity index is 2.02. The zero-order valence-electron chi connectivity index (χ0n) is 11.5. The van der Waals surface area contributed by atoms with Crippen molar-refractivity contribution in [1.82, 2.24) is 0 Å². The molecular formula is C16H16BrClFNO. The van der Waals surface area contributed by atoms with E-state index in [0.717, 1.165) is 10.0 Å². The molecule has 0 radical (unpaired) electrons. The molecule has 2 unspecified atom stereocenters. The predicted molar refractivity (Wildman–Crippen MR) is 87.3 cm³/mol. The Hall–Kier alpha value is -1.10. The number of hydrogen-bond donors (Lipinski definition) is 1. The lowest BCUT2D eigenvalue weighted by Crippen LogP contribution is -2.38. The molecule has 2 atom stereocenters. The molecule has 2 N–H and O–H groups in total. The third kappa shape index (κ3) is 4.70. The molecule has 2 nitrogen and oxygen atoms in total. The van der Waals surface area contributed by atoms with E-state index in [1.165, 1.54) is 12.1 Å². The molecule has 0 amide bonds. The summed E-state index contributed by atoms with van der Waals surface area (Å²) < 4.78 is 19.9. The summed E-state index contributed by atoms with van der Waals surface area (Å²) >= 11 is 9.32. The van der Waals surface area contributed by atoms with E-state index in [2.05, 4.69) is 15.9 Å². The van der Waals surface area contributed by atoms with E-state index in [1.54, 1.807) is 18.2 Å². The normalized spacial score (nSPS) is 13.8. The van der Waals surface area contributed by atoms with Gasteiger partial charge in [-0.05, 0) is 55.3 Å². The van der Waals surface area contributed by atoms with Crippen molar-refractivity contribution < 1.29 is 9.13 Å². The highest BCUT2D eigenvalue weighted by Gasteiger charge is 2.17. The minimum atomic E-state index is -0.274. The van der Waals surface area contributed by atoms with Crippen LogP contribution >= 0.6 is 27.5 Å². The maximum atomic E-state index is 13.3. The molecule has 0 aliphatic heterocycles. The molecule has 2 aromatic carbocycles. The van der Waals surface area contributed by atoms with Crippen LogP contribution in [0.4, 0.5) is 4.39 Å². The van der Waals surface area contributed by atoms with Crippen molar-refractivity contribution in [1.29, 1.82) is 0 Å². The van der Waals surface area contributed by atoms with E-state index in [4.69, 9.17) is 22.1 Å². The van der Waals surface area contributed by atoms with E-state index in [-0.39, 0.29) is 18.0 Å². The average molecular weight is 373 g/mol.